The van der Waals surface area contributed by atoms with E-state index in [1.165, 1.54) is 5.56 Å². The molecule has 0 bridgehead atoms. The van der Waals surface area contributed by atoms with Crippen molar-refractivity contribution in [1.29, 1.82) is 0 Å². The molecule has 0 atom stereocenters. The van der Waals surface area contributed by atoms with Crippen molar-refractivity contribution in [1.82, 2.24) is 4.90 Å². The van der Waals surface area contributed by atoms with Gasteiger partial charge >= 0.3 is 5.71 Å². The van der Waals surface area contributed by atoms with Crippen LogP contribution in [-0.4, -0.2) is 28.0 Å². The lowest BCUT2D eigenvalue weighted by molar-refractivity contribution is -0.00198. The average molecular weight is 275 g/mol. The number of allylic oxidation sites excluding steroid dienone is 2. The summed E-state index contributed by atoms with van der Waals surface area (Å²) in [6, 6.07) is 10.7. The first kappa shape index (κ1) is 15.4. The van der Waals surface area contributed by atoms with Crippen LogP contribution in [0.1, 0.15) is 12.5 Å². The minimum Gasteiger partial charge on any atom is -1.00 e. The highest BCUT2D eigenvalue weighted by atomic mass is 35.5. The van der Waals surface area contributed by atoms with Gasteiger partial charge < -0.3 is 17.9 Å². The first-order chi connectivity index (χ1) is 8.83. The van der Waals surface area contributed by atoms with Crippen molar-refractivity contribution >= 4 is 5.71 Å². The Labute approximate surface area is 120 Å². The van der Waals surface area contributed by atoms with Gasteiger partial charge in [-0.2, -0.15) is 4.79 Å². The molecular formula is C15H17ClN3-. The zero-order valence-electron chi connectivity index (χ0n) is 10.9. The Bertz CT molecular complexity index is 485. The van der Waals surface area contributed by atoms with Gasteiger partial charge in [0.25, 0.3) is 0 Å². The van der Waals surface area contributed by atoms with Gasteiger partial charge in [0, 0.05) is 24.7 Å². The number of rotatable bonds is 4. The predicted octanol–water partition coefficient (Wildman–Crippen LogP) is -0.322. The summed E-state index contributed by atoms with van der Waals surface area (Å²) in [5, 5.41) is 0. The number of hydrogen-bond acceptors (Lipinski definition) is 1. The van der Waals surface area contributed by atoms with Gasteiger partial charge in [-0.25, -0.2) is 0 Å². The van der Waals surface area contributed by atoms with Gasteiger partial charge in [0.2, 0.25) is 0 Å². The van der Waals surface area contributed by atoms with Crippen molar-refractivity contribution in [3.63, 3.8) is 0 Å². The summed E-state index contributed by atoms with van der Waals surface area (Å²) in [5.41, 5.74) is 10.6. The Morgan fingerprint density at radius 3 is 2.32 bits per heavy atom. The molecule has 0 heterocycles. The van der Waals surface area contributed by atoms with E-state index in [9.17, 15) is 0 Å². The summed E-state index contributed by atoms with van der Waals surface area (Å²) in [5.74, 6) is 0. The van der Waals surface area contributed by atoms with Gasteiger partial charge in [-0.05, 0) is 12.1 Å². The SMILES string of the molecule is CCN(Cc1ccccc1)C1C=CC(=[N+]=[N-])C=C1.[Cl-]. The number of nitrogens with zero attached hydrogens (tertiary/aromatic N) is 3. The van der Waals surface area contributed by atoms with Crippen LogP contribution in [0.5, 0.6) is 0 Å². The van der Waals surface area contributed by atoms with Crippen molar-refractivity contribution < 1.29 is 17.2 Å². The molecular weight excluding hydrogens is 258 g/mol. The first-order valence-corrected chi connectivity index (χ1v) is 6.20. The lowest BCUT2D eigenvalue weighted by Gasteiger charge is -2.27. The van der Waals surface area contributed by atoms with Crippen LogP contribution in [0.3, 0.4) is 0 Å². The van der Waals surface area contributed by atoms with Gasteiger partial charge in [-0.15, -0.1) is 0 Å². The Morgan fingerprint density at radius 1 is 1.16 bits per heavy atom. The zero-order valence-corrected chi connectivity index (χ0v) is 11.7. The topological polar surface area (TPSA) is 39.6 Å². The number of hydrogen-bond donors (Lipinski definition) is 0. The molecule has 100 valence electrons. The summed E-state index contributed by atoms with van der Waals surface area (Å²) in [4.78, 5) is 5.53. The summed E-state index contributed by atoms with van der Waals surface area (Å²) in [6.45, 7) is 4.04. The maximum absolute atomic E-state index is 8.68. The molecule has 2 rings (SSSR count). The minimum absolute atomic E-state index is 0. The standard InChI is InChI=1S/C15H17N3.ClH/c1-2-18(12-13-6-4-3-5-7-13)15-10-8-14(17-16)9-11-15;/h3-11,15H,2,12H2,1H3;1H/p-1. The van der Waals surface area contributed by atoms with Crippen LogP contribution in [0.15, 0.2) is 54.6 Å². The highest BCUT2D eigenvalue weighted by Crippen LogP contribution is 2.12. The highest BCUT2D eigenvalue weighted by molar-refractivity contribution is 6.00. The molecule has 0 spiro atoms. The van der Waals surface area contributed by atoms with Crippen molar-refractivity contribution in [2.24, 2.45) is 0 Å². The monoisotopic (exact) mass is 274 g/mol. The third-order valence-corrected chi connectivity index (χ3v) is 3.10. The molecule has 1 aromatic rings. The van der Waals surface area contributed by atoms with Crippen molar-refractivity contribution in [2.45, 2.75) is 19.5 Å². The summed E-state index contributed by atoms with van der Waals surface area (Å²) >= 11 is 0. The third kappa shape index (κ3) is 4.18. The summed E-state index contributed by atoms with van der Waals surface area (Å²) in [7, 11) is 0. The van der Waals surface area contributed by atoms with Gasteiger partial charge in [-0.3, -0.25) is 4.90 Å². The van der Waals surface area contributed by atoms with Crippen molar-refractivity contribution in [3.8, 4) is 0 Å². The van der Waals surface area contributed by atoms with E-state index in [1.807, 2.05) is 18.2 Å². The van der Waals surface area contributed by atoms with Crippen LogP contribution in [0, 0.1) is 0 Å². The molecule has 0 aliphatic heterocycles. The normalized spacial score (nSPS) is 17.2. The molecule has 4 heteroatoms. The fourth-order valence-corrected chi connectivity index (χ4v) is 2.07. The lowest BCUT2D eigenvalue weighted by atomic mass is 10.1. The Balaban J connectivity index is 0.00000180. The zero-order chi connectivity index (χ0) is 12.8. The Hall–Kier alpha value is -1.67. The fourth-order valence-electron chi connectivity index (χ4n) is 2.07. The van der Waals surface area contributed by atoms with E-state index in [4.69, 9.17) is 5.53 Å². The quantitative estimate of drug-likeness (QED) is 0.548. The molecule has 19 heavy (non-hydrogen) atoms. The molecule has 3 nitrogen and oxygen atoms in total. The molecule has 0 N–H and O–H groups in total. The molecule has 1 aromatic carbocycles. The predicted molar refractivity (Wildman–Crippen MR) is 73.2 cm³/mol. The number of likely N-dealkylation sites (N-methyl/N-ethyl adjacent to an activating group) is 1. The molecule has 0 fully saturated rings. The molecule has 0 saturated carbocycles. The lowest BCUT2D eigenvalue weighted by Crippen LogP contribution is -3.00. The maximum atomic E-state index is 8.68. The summed E-state index contributed by atoms with van der Waals surface area (Å²) in [6.07, 6.45) is 7.81. The summed E-state index contributed by atoms with van der Waals surface area (Å²) < 4.78 is 0. The van der Waals surface area contributed by atoms with Gasteiger partial charge in [0.15, 0.2) is 0 Å². The van der Waals surface area contributed by atoms with E-state index in [1.54, 1.807) is 0 Å². The van der Waals surface area contributed by atoms with Crippen LogP contribution in [-0.2, 0) is 6.54 Å². The fraction of sp³-hybridized carbons (Fsp3) is 0.267. The van der Waals surface area contributed by atoms with Crippen LogP contribution >= 0.6 is 0 Å². The first-order valence-electron chi connectivity index (χ1n) is 6.20. The highest BCUT2D eigenvalue weighted by Gasteiger charge is 2.16. The van der Waals surface area contributed by atoms with Gasteiger partial charge in [0.05, 0.1) is 0 Å². The van der Waals surface area contributed by atoms with Crippen LogP contribution < -0.4 is 12.4 Å². The van der Waals surface area contributed by atoms with Gasteiger partial charge in [0.1, 0.15) is 0 Å². The van der Waals surface area contributed by atoms with E-state index in [2.05, 4.69) is 53.0 Å². The molecule has 1 aliphatic carbocycles. The van der Waals surface area contributed by atoms with Crippen LogP contribution in [0.4, 0.5) is 0 Å². The Morgan fingerprint density at radius 2 is 1.79 bits per heavy atom. The second-order valence-electron chi connectivity index (χ2n) is 4.28. The average Bonchev–Trinajstić information content (AvgIpc) is 2.46. The maximum Gasteiger partial charge on any atom is 0.314 e. The molecule has 0 radical (unpaired) electrons. The molecule has 0 amide bonds. The van der Waals surface area contributed by atoms with E-state index in [-0.39, 0.29) is 18.4 Å². The second-order valence-corrected chi connectivity index (χ2v) is 4.28. The van der Waals surface area contributed by atoms with Crippen LogP contribution in [0.2, 0.25) is 0 Å². The van der Waals surface area contributed by atoms with Crippen molar-refractivity contribution in [2.75, 3.05) is 6.54 Å². The molecule has 0 unspecified atom stereocenters. The second kappa shape index (κ2) is 7.70. The third-order valence-electron chi connectivity index (χ3n) is 3.10. The van der Waals surface area contributed by atoms with Crippen LogP contribution in [0.25, 0.3) is 5.53 Å². The number of halogens is 1. The van der Waals surface area contributed by atoms with Crippen molar-refractivity contribution in [3.05, 3.63) is 65.7 Å². The smallest absolute Gasteiger partial charge is 0.314 e. The van der Waals surface area contributed by atoms with E-state index < -0.39 is 0 Å². The Kier molecular flexibility index (Phi) is 6.23. The minimum atomic E-state index is 0. The largest absolute Gasteiger partial charge is 1.00 e. The van der Waals surface area contributed by atoms with E-state index in [0.29, 0.717) is 5.71 Å². The number of benzene rings is 1. The molecule has 0 saturated heterocycles. The van der Waals surface area contributed by atoms with Gasteiger partial charge in [-0.1, -0.05) is 49.4 Å². The van der Waals surface area contributed by atoms with E-state index >= 15 is 0 Å². The molecule has 0 aromatic heterocycles. The molecule has 1 aliphatic rings. The van der Waals surface area contributed by atoms with E-state index in [0.717, 1.165) is 13.1 Å².